The molecule has 0 spiro atoms. The minimum absolute atomic E-state index is 0. The molecule has 0 radical (unpaired) electrons. The second-order valence-corrected chi connectivity index (χ2v) is 7.95. The van der Waals surface area contributed by atoms with Gasteiger partial charge in [0.05, 0.1) is 22.6 Å². The number of rotatable bonds is 4. The first kappa shape index (κ1) is 23.0. The topological polar surface area (TPSA) is 58.1 Å². The van der Waals surface area contributed by atoms with Crippen LogP contribution in [0, 0.1) is 0 Å². The molecule has 4 nitrogen and oxygen atoms in total. The molecule has 3 rings (SSSR count). The van der Waals surface area contributed by atoms with Crippen molar-refractivity contribution in [3.63, 3.8) is 0 Å². The average Bonchev–Trinajstić information content (AvgIpc) is 3.13. The quantitative estimate of drug-likeness (QED) is 0.474. The summed E-state index contributed by atoms with van der Waals surface area (Å²) >= 11 is 3.78. The second kappa shape index (κ2) is 10.3. The van der Waals surface area contributed by atoms with Crippen molar-refractivity contribution in [2.45, 2.75) is 12.1 Å². The number of hydrogen-bond donors (Lipinski definition) is 2. The van der Waals surface area contributed by atoms with Gasteiger partial charge in [-0.2, -0.15) is 0 Å². The lowest BCUT2D eigenvalue weighted by atomic mass is 10.1. The lowest BCUT2D eigenvalue weighted by Crippen LogP contribution is -3.00. The molecule has 1 aromatic carbocycles. The first-order valence-electron chi connectivity index (χ1n) is 7.98. The first-order valence-corrected chi connectivity index (χ1v) is 9.95. The second-order valence-electron chi connectivity index (χ2n) is 5.94. The van der Waals surface area contributed by atoms with E-state index in [1.165, 1.54) is 21.2 Å². The minimum atomic E-state index is 0. The fraction of sp³-hybridized carbons (Fsp3) is 0.333. The highest BCUT2D eigenvalue weighted by molar-refractivity contribution is 8.14. The van der Waals surface area contributed by atoms with Crippen LogP contribution in [0.2, 0.25) is 0 Å². The molecule has 0 aromatic heterocycles. The van der Waals surface area contributed by atoms with Crippen LogP contribution in [0.3, 0.4) is 0 Å². The summed E-state index contributed by atoms with van der Waals surface area (Å²) in [5, 5.41) is 2.62. The van der Waals surface area contributed by atoms with Gasteiger partial charge in [-0.25, -0.2) is 9.15 Å². The van der Waals surface area contributed by atoms with Crippen LogP contribution in [0.25, 0.3) is 0 Å². The smallest absolute Gasteiger partial charge is 0.242 e. The van der Waals surface area contributed by atoms with Crippen LogP contribution < -0.4 is 36.3 Å². The van der Waals surface area contributed by atoms with Gasteiger partial charge in [0.1, 0.15) is 14.1 Å². The van der Waals surface area contributed by atoms with Crippen molar-refractivity contribution in [3.8, 4) is 0 Å². The Morgan fingerprint density at radius 2 is 1.15 bits per heavy atom. The summed E-state index contributed by atoms with van der Waals surface area (Å²) in [6.45, 7) is 0. The van der Waals surface area contributed by atoms with Crippen molar-refractivity contribution in [2.75, 3.05) is 25.6 Å². The molecule has 0 saturated heterocycles. The summed E-state index contributed by atoms with van der Waals surface area (Å²) in [6.07, 6.45) is 7.40. The zero-order valence-corrected chi connectivity index (χ0v) is 18.0. The lowest BCUT2D eigenvalue weighted by molar-refractivity contribution is -0.514. The molecule has 0 fully saturated rings. The van der Waals surface area contributed by atoms with Crippen molar-refractivity contribution < 1.29 is 34.0 Å². The van der Waals surface area contributed by atoms with Crippen LogP contribution in [0.4, 0.5) is 0 Å². The van der Waals surface area contributed by atoms with Gasteiger partial charge < -0.3 is 36.3 Å². The van der Waals surface area contributed by atoms with Crippen LogP contribution in [0.1, 0.15) is 11.1 Å². The third kappa shape index (κ3) is 4.60. The van der Waals surface area contributed by atoms with E-state index in [4.69, 9.17) is 11.5 Å². The minimum Gasteiger partial charge on any atom is -1.00 e. The highest BCUT2D eigenvalue weighted by Gasteiger charge is 2.32. The monoisotopic (exact) mass is 430 g/mol. The maximum absolute atomic E-state index is 5.54. The molecule has 0 amide bonds. The van der Waals surface area contributed by atoms with Gasteiger partial charge in [-0.1, -0.05) is 0 Å². The number of likely N-dealkylation sites (N-methyl/N-ethyl adjacent to an activating group) is 2. The van der Waals surface area contributed by atoms with Crippen LogP contribution in [0.15, 0.2) is 48.8 Å². The molecule has 2 heterocycles. The molecule has 0 saturated carbocycles. The normalized spacial score (nSPS) is 23.0. The molecule has 2 aliphatic rings. The number of benzene rings is 1. The molecular formula is C18H24Cl2N4S2. The molecule has 4 N–H and O–H groups in total. The predicted octanol–water partition coefficient (Wildman–Crippen LogP) is -4.35. The van der Waals surface area contributed by atoms with Crippen LogP contribution in [0.5, 0.6) is 0 Å². The van der Waals surface area contributed by atoms with Crippen molar-refractivity contribution >= 4 is 33.6 Å². The van der Waals surface area contributed by atoms with E-state index < -0.39 is 0 Å². The van der Waals surface area contributed by atoms with Gasteiger partial charge in [0, 0.05) is 0 Å². The molecule has 2 atom stereocenters. The van der Waals surface area contributed by atoms with E-state index in [0.29, 0.717) is 12.1 Å². The van der Waals surface area contributed by atoms with Crippen molar-refractivity contribution in [2.24, 2.45) is 11.5 Å². The Labute approximate surface area is 176 Å². The van der Waals surface area contributed by atoms with E-state index in [1.807, 2.05) is 23.5 Å². The molecular weight excluding hydrogens is 407 g/mol. The van der Waals surface area contributed by atoms with E-state index in [9.17, 15) is 0 Å². The molecule has 2 aliphatic heterocycles. The predicted molar refractivity (Wildman–Crippen MR) is 106 cm³/mol. The van der Waals surface area contributed by atoms with Crippen LogP contribution >= 0.6 is 23.5 Å². The SMILES string of the molecule is C[N+]1=C(c2ccc(C3=[N+](C)C(C=CN)CS3)cc2)SCC1C=CN.[Cl-].[Cl-]. The van der Waals surface area contributed by atoms with E-state index in [1.54, 1.807) is 12.4 Å². The standard InChI is InChI=1S/C18H24N4S2.2ClH/c1-21-15(7-9-19)11-23-17(21)13-3-5-14(6-4-13)18-22(2)16(8-10-20)12-24-18;;/h3-10,15-16H,11-12,19-20H2,1-2H3;2*1H/q+2;;/p-2. The van der Waals surface area contributed by atoms with Gasteiger partial charge in [0.25, 0.3) is 0 Å². The fourth-order valence-electron chi connectivity index (χ4n) is 3.01. The largest absolute Gasteiger partial charge is 1.00 e. The van der Waals surface area contributed by atoms with Crippen molar-refractivity contribution in [1.29, 1.82) is 0 Å². The highest BCUT2D eigenvalue weighted by Crippen LogP contribution is 2.26. The van der Waals surface area contributed by atoms with Crippen LogP contribution in [-0.4, -0.2) is 56.9 Å². The third-order valence-corrected chi connectivity index (χ3v) is 7.07. The summed E-state index contributed by atoms with van der Waals surface area (Å²) in [7, 11) is 4.26. The maximum atomic E-state index is 5.54. The van der Waals surface area contributed by atoms with Crippen molar-refractivity contribution in [1.82, 2.24) is 0 Å². The molecule has 142 valence electrons. The Balaban J connectivity index is 0.00000169. The number of hydrogen-bond acceptors (Lipinski definition) is 4. The van der Waals surface area contributed by atoms with Gasteiger partial charge in [0.15, 0.2) is 12.1 Å². The molecule has 0 bridgehead atoms. The number of thioether (sulfide) groups is 2. The summed E-state index contributed by atoms with van der Waals surface area (Å²) in [4.78, 5) is 0. The molecule has 0 aliphatic carbocycles. The number of nitrogens with zero attached hydrogens (tertiary/aromatic N) is 2. The van der Waals surface area contributed by atoms with Gasteiger partial charge in [-0.05, 0) is 72.3 Å². The summed E-state index contributed by atoms with van der Waals surface area (Å²) in [5.74, 6) is 2.09. The Morgan fingerprint density at radius 1 is 0.808 bits per heavy atom. The van der Waals surface area contributed by atoms with E-state index in [2.05, 4.69) is 59.7 Å². The molecule has 26 heavy (non-hydrogen) atoms. The lowest BCUT2D eigenvalue weighted by Gasteiger charge is -2.03. The first-order chi connectivity index (χ1) is 11.7. The summed E-state index contributed by atoms with van der Waals surface area (Å²) in [6, 6.07) is 9.63. The van der Waals surface area contributed by atoms with Gasteiger partial charge in [-0.3, -0.25) is 0 Å². The van der Waals surface area contributed by atoms with Gasteiger partial charge in [0.2, 0.25) is 10.1 Å². The molecule has 1 aromatic rings. The van der Waals surface area contributed by atoms with Crippen molar-refractivity contribution in [3.05, 3.63) is 59.9 Å². The Hall–Kier alpha value is -1.08. The Morgan fingerprint density at radius 3 is 1.46 bits per heavy atom. The van der Waals surface area contributed by atoms with E-state index in [-0.39, 0.29) is 24.8 Å². The molecule has 8 heteroatoms. The number of halogens is 2. The third-order valence-electron chi connectivity index (χ3n) is 4.46. The number of nitrogens with two attached hydrogens (primary N) is 2. The zero-order valence-electron chi connectivity index (χ0n) is 14.8. The van der Waals surface area contributed by atoms with E-state index in [0.717, 1.165) is 11.5 Å². The zero-order chi connectivity index (χ0) is 17.1. The Bertz CT molecular complexity index is 679. The van der Waals surface area contributed by atoms with Gasteiger partial charge in [-0.15, -0.1) is 0 Å². The van der Waals surface area contributed by atoms with E-state index >= 15 is 0 Å². The Kier molecular flexibility index (Phi) is 9.10. The molecule has 2 unspecified atom stereocenters. The maximum Gasteiger partial charge on any atom is 0.242 e. The summed E-state index contributed by atoms with van der Waals surface area (Å²) < 4.78 is 4.60. The summed E-state index contributed by atoms with van der Waals surface area (Å²) in [5.41, 5.74) is 13.6. The average molecular weight is 431 g/mol. The van der Waals surface area contributed by atoms with Crippen LogP contribution in [-0.2, 0) is 0 Å². The fourth-order valence-corrected chi connectivity index (χ4v) is 5.62. The highest BCUT2D eigenvalue weighted by atomic mass is 35.5. The van der Waals surface area contributed by atoms with Gasteiger partial charge >= 0.3 is 0 Å².